The number of halogens is 2. The minimum Gasteiger partial charge on any atom is -0.449 e. The number of anilines is 1. The van der Waals surface area contributed by atoms with Gasteiger partial charge in [-0.25, -0.2) is 4.39 Å². The molecule has 39 heavy (non-hydrogen) atoms. The molecule has 1 aliphatic carbocycles. The number of piperazine rings is 1. The van der Waals surface area contributed by atoms with E-state index in [4.69, 9.17) is 21.7 Å². The van der Waals surface area contributed by atoms with E-state index in [1.165, 1.54) is 12.1 Å². The standard InChI is InChI=1S/C30H28ClFN4O3/c31-23-7-11-25(12-8-23)34-29(37)28(27(19-33)35-15-17-36(18-16-35)30(38)22-1-2-22)39-26-13-5-21(6-14-26)20-3-9-24(32)10-4-20/h3-14,19,22,33H,1-2,15-18H2,(H,34,37)/b28-27-,33-19?. The Morgan fingerprint density at radius 1 is 0.872 bits per heavy atom. The average molecular weight is 547 g/mol. The zero-order valence-corrected chi connectivity index (χ0v) is 22.0. The number of benzene rings is 3. The van der Waals surface area contributed by atoms with Gasteiger partial charge < -0.3 is 25.3 Å². The van der Waals surface area contributed by atoms with E-state index >= 15 is 0 Å². The Kier molecular flexibility index (Phi) is 7.93. The van der Waals surface area contributed by atoms with Crippen molar-refractivity contribution in [1.82, 2.24) is 9.80 Å². The molecule has 0 unspecified atom stereocenters. The third-order valence-corrected chi connectivity index (χ3v) is 7.04. The Hall–Kier alpha value is -4.17. The first-order chi connectivity index (χ1) is 18.9. The van der Waals surface area contributed by atoms with Gasteiger partial charge in [0, 0.05) is 49.0 Å². The molecular formula is C30H28ClFN4O3. The van der Waals surface area contributed by atoms with Gasteiger partial charge in [0.2, 0.25) is 11.7 Å². The molecule has 1 heterocycles. The molecule has 5 rings (SSSR count). The van der Waals surface area contributed by atoms with Crippen molar-refractivity contribution in [3.8, 4) is 16.9 Å². The summed E-state index contributed by atoms with van der Waals surface area (Å²) in [5, 5.41) is 11.5. The summed E-state index contributed by atoms with van der Waals surface area (Å²) in [6.45, 7) is 2.00. The fourth-order valence-corrected chi connectivity index (χ4v) is 4.59. The normalized spacial score (nSPS) is 15.8. The molecule has 0 aromatic heterocycles. The van der Waals surface area contributed by atoms with Crippen LogP contribution in [0, 0.1) is 17.1 Å². The highest BCUT2D eigenvalue weighted by Crippen LogP contribution is 2.32. The van der Waals surface area contributed by atoms with Crippen molar-refractivity contribution >= 4 is 35.3 Å². The maximum absolute atomic E-state index is 13.5. The lowest BCUT2D eigenvalue weighted by atomic mass is 10.1. The number of amides is 2. The summed E-state index contributed by atoms with van der Waals surface area (Å²) >= 11 is 5.98. The SMILES string of the molecule is N=C/C(=C(/Oc1ccc(-c2ccc(F)cc2)cc1)C(=O)Nc1ccc(Cl)cc1)N1CCN(C(=O)C2CC2)CC1. The largest absolute Gasteiger partial charge is 0.449 e. The lowest BCUT2D eigenvalue weighted by molar-refractivity contribution is -0.134. The quantitative estimate of drug-likeness (QED) is 0.219. The number of rotatable bonds is 8. The predicted octanol–water partition coefficient (Wildman–Crippen LogP) is 5.58. The number of carbonyl (C=O) groups is 2. The van der Waals surface area contributed by atoms with Crippen LogP contribution in [0.1, 0.15) is 12.8 Å². The van der Waals surface area contributed by atoms with Crippen molar-refractivity contribution in [2.75, 3.05) is 31.5 Å². The predicted molar refractivity (Wildman–Crippen MR) is 149 cm³/mol. The summed E-state index contributed by atoms with van der Waals surface area (Å²) < 4.78 is 19.4. The summed E-state index contributed by atoms with van der Waals surface area (Å²) in [5.41, 5.74) is 2.56. The highest BCUT2D eigenvalue weighted by molar-refractivity contribution is 6.30. The molecule has 2 aliphatic rings. The van der Waals surface area contributed by atoms with E-state index < -0.39 is 5.91 Å². The van der Waals surface area contributed by atoms with E-state index in [0.717, 1.165) is 30.2 Å². The molecule has 0 radical (unpaired) electrons. The Labute approximate surface area is 231 Å². The maximum atomic E-state index is 13.5. The van der Waals surface area contributed by atoms with Gasteiger partial charge in [-0.3, -0.25) is 9.59 Å². The summed E-state index contributed by atoms with van der Waals surface area (Å²) in [6.07, 6.45) is 3.02. The fourth-order valence-electron chi connectivity index (χ4n) is 4.47. The Bertz CT molecular complexity index is 1380. The Balaban J connectivity index is 1.39. The summed E-state index contributed by atoms with van der Waals surface area (Å²) in [6, 6.07) is 20.0. The second-order valence-corrected chi connectivity index (χ2v) is 9.98. The molecule has 200 valence electrons. The van der Waals surface area contributed by atoms with Crippen molar-refractivity contribution in [2.45, 2.75) is 12.8 Å². The first-order valence-corrected chi connectivity index (χ1v) is 13.2. The lowest BCUT2D eigenvalue weighted by Gasteiger charge is -2.36. The molecule has 1 aliphatic heterocycles. The van der Waals surface area contributed by atoms with Gasteiger partial charge in [-0.1, -0.05) is 35.9 Å². The number of ether oxygens (including phenoxy) is 1. The van der Waals surface area contributed by atoms with E-state index in [0.29, 0.717) is 48.3 Å². The molecule has 0 bridgehead atoms. The highest BCUT2D eigenvalue weighted by atomic mass is 35.5. The minimum absolute atomic E-state index is 0.0311. The van der Waals surface area contributed by atoms with Crippen LogP contribution in [0.5, 0.6) is 5.75 Å². The number of nitrogens with zero attached hydrogens (tertiary/aromatic N) is 2. The van der Waals surface area contributed by atoms with Crippen LogP contribution in [0.3, 0.4) is 0 Å². The van der Waals surface area contributed by atoms with Gasteiger partial charge in [0.25, 0.3) is 5.91 Å². The van der Waals surface area contributed by atoms with Gasteiger partial charge in [0.05, 0.1) is 0 Å². The van der Waals surface area contributed by atoms with Gasteiger partial charge in [-0.15, -0.1) is 0 Å². The molecular weight excluding hydrogens is 519 g/mol. The van der Waals surface area contributed by atoms with Crippen LogP contribution in [0.25, 0.3) is 11.1 Å². The summed E-state index contributed by atoms with van der Waals surface area (Å²) in [7, 11) is 0. The van der Waals surface area contributed by atoms with Crippen LogP contribution in [0.15, 0.2) is 84.3 Å². The van der Waals surface area contributed by atoms with Crippen LogP contribution in [-0.4, -0.2) is 54.0 Å². The molecule has 9 heteroatoms. The fraction of sp³-hybridized carbons (Fsp3) is 0.233. The molecule has 0 spiro atoms. The monoisotopic (exact) mass is 546 g/mol. The third kappa shape index (κ3) is 6.46. The Morgan fingerprint density at radius 2 is 1.44 bits per heavy atom. The van der Waals surface area contributed by atoms with Crippen LogP contribution >= 0.6 is 11.6 Å². The van der Waals surface area contributed by atoms with E-state index in [1.54, 1.807) is 48.5 Å². The number of nitrogens with one attached hydrogen (secondary N) is 2. The lowest BCUT2D eigenvalue weighted by Crippen LogP contribution is -2.49. The topological polar surface area (TPSA) is 85.7 Å². The molecule has 0 atom stereocenters. The summed E-state index contributed by atoms with van der Waals surface area (Å²) in [5.74, 6) is -0.114. The number of hydrogen-bond acceptors (Lipinski definition) is 5. The third-order valence-electron chi connectivity index (χ3n) is 6.79. The number of hydrogen-bond donors (Lipinski definition) is 2. The highest BCUT2D eigenvalue weighted by Gasteiger charge is 2.35. The van der Waals surface area contributed by atoms with Crippen molar-refractivity contribution in [2.24, 2.45) is 5.92 Å². The summed E-state index contributed by atoms with van der Waals surface area (Å²) in [4.78, 5) is 29.7. The zero-order chi connectivity index (χ0) is 27.4. The van der Waals surface area contributed by atoms with E-state index in [-0.39, 0.29) is 23.4 Å². The van der Waals surface area contributed by atoms with Gasteiger partial charge in [0.15, 0.2) is 0 Å². The van der Waals surface area contributed by atoms with E-state index in [2.05, 4.69) is 5.32 Å². The van der Waals surface area contributed by atoms with Crippen molar-refractivity contribution in [3.63, 3.8) is 0 Å². The second-order valence-electron chi connectivity index (χ2n) is 9.54. The van der Waals surface area contributed by atoms with E-state index in [9.17, 15) is 14.0 Å². The van der Waals surface area contributed by atoms with Crippen LogP contribution < -0.4 is 10.1 Å². The maximum Gasteiger partial charge on any atom is 0.293 e. The first-order valence-electron chi connectivity index (χ1n) is 12.8. The number of allylic oxidation sites excluding steroid dienone is 1. The molecule has 7 nitrogen and oxygen atoms in total. The van der Waals surface area contributed by atoms with Crippen molar-refractivity contribution in [3.05, 3.63) is 95.1 Å². The molecule has 2 N–H and O–H groups in total. The molecule has 3 aromatic carbocycles. The second kappa shape index (κ2) is 11.7. The first kappa shape index (κ1) is 26.4. The zero-order valence-electron chi connectivity index (χ0n) is 21.2. The van der Waals surface area contributed by atoms with Gasteiger partial charge in [-0.05, 0) is 72.5 Å². The average Bonchev–Trinajstić information content (AvgIpc) is 3.81. The van der Waals surface area contributed by atoms with Crippen LogP contribution in [-0.2, 0) is 9.59 Å². The van der Waals surface area contributed by atoms with E-state index in [1.807, 2.05) is 21.9 Å². The molecule has 3 aromatic rings. The molecule has 1 saturated heterocycles. The minimum atomic E-state index is -0.519. The smallest absolute Gasteiger partial charge is 0.293 e. The molecule has 2 amide bonds. The van der Waals surface area contributed by atoms with Gasteiger partial charge in [0.1, 0.15) is 17.3 Å². The van der Waals surface area contributed by atoms with Gasteiger partial charge in [-0.2, -0.15) is 0 Å². The van der Waals surface area contributed by atoms with Crippen LogP contribution in [0.4, 0.5) is 10.1 Å². The molecule has 1 saturated carbocycles. The molecule has 2 fully saturated rings. The van der Waals surface area contributed by atoms with Crippen molar-refractivity contribution in [1.29, 1.82) is 5.41 Å². The Morgan fingerprint density at radius 3 is 2.00 bits per heavy atom. The van der Waals surface area contributed by atoms with Gasteiger partial charge >= 0.3 is 0 Å². The number of carbonyl (C=O) groups excluding carboxylic acids is 2. The van der Waals surface area contributed by atoms with Crippen molar-refractivity contribution < 1.29 is 18.7 Å². The van der Waals surface area contributed by atoms with Crippen LogP contribution in [0.2, 0.25) is 5.02 Å².